The first-order valence-electron chi connectivity index (χ1n) is 15.6. The van der Waals surface area contributed by atoms with Crippen LogP contribution in [0.15, 0.2) is 79.0 Å². The van der Waals surface area contributed by atoms with Crippen molar-refractivity contribution < 1.29 is 4.79 Å². The van der Waals surface area contributed by atoms with E-state index in [-0.39, 0.29) is 23.9 Å². The van der Waals surface area contributed by atoms with Gasteiger partial charge < -0.3 is 19.8 Å². The largest absolute Gasteiger partial charge is 0.367 e. The molecule has 1 aliphatic rings. The topological polar surface area (TPSA) is 82.1 Å². The first kappa shape index (κ1) is 29.6. The molecule has 8 heteroatoms. The van der Waals surface area contributed by atoms with Gasteiger partial charge in [-0.05, 0) is 42.5 Å². The summed E-state index contributed by atoms with van der Waals surface area (Å²) in [6, 6.07) is 25.1. The van der Waals surface area contributed by atoms with Crippen LogP contribution in [0.2, 0.25) is 0 Å². The van der Waals surface area contributed by atoms with Crippen molar-refractivity contribution in [2.45, 2.75) is 59.2 Å². The average Bonchev–Trinajstić information content (AvgIpc) is 3.60. The van der Waals surface area contributed by atoms with E-state index in [1.165, 1.54) is 11.3 Å². The number of benzene rings is 3. The van der Waals surface area contributed by atoms with Crippen LogP contribution >= 0.6 is 0 Å². The maximum Gasteiger partial charge on any atom is 0.240 e. The molecule has 1 saturated heterocycles. The van der Waals surface area contributed by atoms with Crippen molar-refractivity contribution in [1.82, 2.24) is 29.7 Å². The minimum Gasteiger partial charge on any atom is -0.367 e. The predicted octanol–water partition coefficient (Wildman–Crippen LogP) is 6.23. The van der Waals surface area contributed by atoms with Gasteiger partial charge in [-0.25, -0.2) is 9.97 Å². The van der Waals surface area contributed by atoms with E-state index in [0.29, 0.717) is 0 Å². The third-order valence-electron chi connectivity index (χ3n) is 8.63. The van der Waals surface area contributed by atoms with Crippen LogP contribution in [-0.4, -0.2) is 56.5 Å². The summed E-state index contributed by atoms with van der Waals surface area (Å²) in [5, 5.41) is 3.10. The fourth-order valence-corrected chi connectivity index (χ4v) is 5.99. The molecule has 8 nitrogen and oxygen atoms in total. The number of nitrogens with zero attached hydrogens (tertiary/aromatic N) is 5. The molecule has 0 radical (unpaired) electrons. The molecule has 1 fully saturated rings. The van der Waals surface area contributed by atoms with Gasteiger partial charge in [-0.2, -0.15) is 0 Å². The molecule has 1 aliphatic heterocycles. The zero-order valence-electron chi connectivity index (χ0n) is 26.5. The Hall–Kier alpha value is -4.43. The van der Waals surface area contributed by atoms with Gasteiger partial charge in [-0.1, -0.05) is 81.4 Å². The minimum atomic E-state index is -0.0396. The van der Waals surface area contributed by atoms with E-state index in [4.69, 9.17) is 9.97 Å². The molecule has 3 aromatic carbocycles. The lowest BCUT2D eigenvalue weighted by Gasteiger charge is -2.35. The van der Waals surface area contributed by atoms with Gasteiger partial charge in [-0.3, -0.25) is 9.69 Å². The molecule has 44 heavy (non-hydrogen) atoms. The van der Waals surface area contributed by atoms with Crippen LogP contribution in [0.1, 0.15) is 56.4 Å². The highest BCUT2D eigenvalue weighted by Crippen LogP contribution is 2.30. The van der Waals surface area contributed by atoms with Gasteiger partial charge in [-0.15, -0.1) is 0 Å². The summed E-state index contributed by atoms with van der Waals surface area (Å²) in [5.41, 5.74) is 7.88. The zero-order chi connectivity index (χ0) is 30.8. The minimum absolute atomic E-state index is 0.0142. The quantitative estimate of drug-likeness (QED) is 0.224. The molecule has 5 aromatic rings. The lowest BCUT2D eigenvalue weighted by atomic mass is 9.87. The van der Waals surface area contributed by atoms with Crippen LogP contribution in [0.25, 0.3) is 22.4 Å². The number of aryl methyl sites for hydroxylation is 1. The van der Waals surface area contributed by atoms with Gasteiger partial charge in [0.1, 0.15) is 23.7 Å². The van der Waals surface area contributed by atoms with E-state index in [9.17, 15) is 4.79 Å². The average molecular weight is 590 g/mol. The number of anilines is 1. The monoisotopic (exact) mass is 589 g/mol. The smallest absolute Gasteiger partial charge is 0.240 e. The fourth-order valence-electron chi connectivity index (χ4n) is 5.99. The second kappa shape index (κ2) is 12.3. The number of H-pyrrole nitrogens is 1. The number of aromatic nitrogens is 4. The normalized spacial score (nSPS) is 15.1. The van der Waals surface area contributed by atoms with Gasteiger partial charge in [0, 0.05) is 44.5 Å². The van der Waals surface area contributed by atoms with Gasteiger partial charge in [0.05, 0.1) is 22.9 Å². The molecule has 0 unspecified atom stereocenters. The number of carbonyl (C=O) groups excluding carboxylic acids is 1. The molecule has 3 heterocycles. The van der Waals surface area contributed by atoms with Gasteiger partial charge in [0.15, 0.2) is 0 Å². The molecule has 0 spiro atoms. The standard InChI is InChI=1S/C36H43N7O/c1-25(27-10-7-6-8-11-27)37-33(44)24-43-23-30(38-26(43)2)22-41-18-20-42(21-19-41)32-13-9-12-31-34(32)40-35(39-31)28-14-16-29(17-15-28)36(3,4)5/h6-17,23,25H,18-22,24H2,1-5H3,(H,37,44)(H,39,40)/t25-/m0/s1. The number of piperazine rings is 1. The molecule has 228 valence electrons. The Balaban J connectivity index is 1.06. The Morgan fingerprint density at radius 2 is 1.66 bits per heavy atom. The number of nitrogens with one attached hydrogen (secondary N) is 2. The summed E-state index contributed by atoms with van der Waals surface area (Å²) in [4.78, 5) is 31.0. The number of rotatable bonds is 8. The van der Waals surface area contributed by atoms with E-state index in [1.54, 1.807) is 0 Å². The lowest BCUT2D eigenvalue weighted by Crippen LogP contribution is -2.46. The number of aromatic amines is 1. The number of carbonyl (C=O) groups is 1. The van der Waals surface area contributed by atoms with Crippen LogP contribution in [0.3, 0.4) is 0 Å². The highest BCUT2D eigenvalue weighted by Gasteiger charge is 2.22. The van der Waals surface area contributed by atoms with Gasteiger partial charge in [0.25, 0.3) is 0 Å². The van der Waals surface area contributed by atoms with Crippen LogP contribution < -0.4 is 10.2 Å². The second-order valence-corrected chi connectivity index (χ2v) is 13.0. The SMILES string of the molecule is Cc1nc(CN2CCN(c3cccc4[nH]c(-c5ccc(C(C)(C)C)cc5)nc34)CC2)cn1CC(=O)N[C@@H](C)c1ccccc1. The molecular weight excluding hydrogens is 546 g/mol. The van der Waals surface area contributed by atoms with Crippen molar-refractivity contribution in [1.29, 1.82) is 0 Å². The van der Waals surface area contributed by atoms with E-state index in [1.807, 2.05) is 54.9 Å². The van der Waals surface area contributed by atoms with Crippen molar-refractivity contribution in [3.05, 3.63) is 102 Å². The Morgan fingerprint density at radius 3 is 2.36 bits per heavy atom. The molecule has 0 aliphatic carbocycles. The van der Waals surface area contributed by atoms with Crippen LogP contribution in [0.4, 0.5) is 5.69 Å². The van der Waals surface area contributed by atoms with E-state index < -0.39 is 0 Å². The first-order valence-corrected chi connectivity index (χ1v) is 15.6. The number of fused-ring (bicyclic) bond motifs is 1. The number of para-hydroxylation sites is 1. The predicted molar refractivity (Wildman–Crippen MR) is 178 cm³/mol. The van der Waals surface area contributed by atoms with Crippen molar-refractivity contribution in [2.24, 2.45) is 0 Å². The molecule has 6 rings (SSSR count). The molecule has 1 amide bonds. The summed E-state index contributed by atoms with van der Waals surface area (Å²) < 4.78 is 1.95. The number of hydrogen-bond acceptors (Lipinski definition) is 5. The van der Waals surface area contributed by atoms with Crippen molar-refractivity contribution in [3.8, 4) is 11.4 Å². The van der Waals surface area contributed by atoms with Gasteiger partial charge in [0.2, 0.25) is 5.91 Å². The molecule has 0 saturated carbocycles. The maximum atomic E-state index is 12.8. The summed E-state index contributed by atoms with van der Waals surface area (Å²) in [5.74, 6) is 1.75. The Kier molecular flexibility index (Phi) is 8.27. The van der Waals surface area contributed by atoms with Crippen LogP contribution in [-0.2, 0) is 23.3 Å². The Bertz CT molecular complexity index is 1720. The number of hydrogen-bond donors (Lipinski definition) is 2. The van der Waals surface area contributed by atoms with E-state index in [2.05, 4.69) is 83.3 Å². The molecule has 2 N–H and O–H groups in total. The number of amides is 1. The van der Waals surface area contributed by atoms with Crippen LogP contribution in [0, 0.1) is 6.92 Å². The summed E-state index contributed by atoms with van der Waals surface area (Å²) in [6.07, 6.45) is 2.02. The van der Waals surface area contributed by atoms with Crippen molar-refractivity contribution >= 4 is 22.6 Å². The maximum absolute atomic E-state index is 12.8. The third kappa shape index (κ3) is 6.55. The Labute approximate surface area is 260 Å². The molecule has 1 atom stereocenters. The van der Waals surface area contributed by atoms with Crippen molar-refractivity contribution in [2.75, 3.05) is 31.1 Å². The van der Waals surface area contributed by atoms with E-state index >= 15 is 0 Å². The zero-order valence-corrected chi connectivity index (χ0v) is 26.5. The van der Waals surface area contributed by atoms with E-state index in [0.717, 1.165) is 72.2 Å². The second-order valence-electron chi connectivity index (χ2n) is 13.0. The summed E-state index contributed by atoms with van der Waals surface area (Å²) in [7, 11) is 0. The van der Waals surface area contributed by atoms with Gasteiger partial charge >= 0.3 is 0 Å². The third-order valence-corrected chi connectivity index (χ3v) is 8.63. The lowest BCUT2D eigenvalue weighted by molar-refractivity contribution is -0.122. The summed E-state index contributed by atoms with van der Waals surface area (Å²) in [6.45, 7) is 15.4. The molecular formula is C36H43N7O. The number of imidazole rings is 2. The highest BCUT2D eigenvalue weighted by molar-refractivity contribution is 5.91. The Morgan fingerprint density at radius 1 is 0.932 bits per heavy atom. The first-order chi connectivity index (χ1) is 21.1. The highest BCUT2D eigenvalue weighted by atomic mass is 16.2. The molecule has 2 aromatic heterocycles. The van der Waals surface area contributed by atoms with Crippen LogP contribution in [0.5, 0.6) is 0 Å². The molecule has 0 bridgehead atoms. The fraction of sp³-hybridized carbons (Fsp3) is 0.361. The summed E-state index contributed by atoms with van der Waals surface area (Å²) >= 11 is 0. The van der Waals surface area contributed by atoms with Crippen molar-refractivity contribution in [3.63, 3.8) is 0 Å².